The molecule has 29 heavy (non-hydrogen) atoms. The van der Waals surface area contributed by atoms with Crippen molar-refractivity contribution in [2.75, 3.05) is 4.90 Å². The van der Waals surface area contributed by atoms with E-state index in [2.05, 4.69) is 15.2 Å². The van der Waals surface area contributed by atoms with E-state index in [4.69, 9.17) is 4.42 Å². The van der Waals surface area contributed by atoms with Crippen LogP contribution in [-0.4, -0.2) is 27.0 Å². The molecule has 4 heterocycles. The number of ketones is 1. The van der Waals surface area contributed by atoms with Crippen molar-refractivity contribution in [3.63, 3.8) is 0 Å². The van der Waals surface area contributed by atoms with E-state index in [1.54, 1.807) is 37.5 Å². The Hall–Kier alpha value is -3.33. The Morgan fingerprint density at radius 2 is 2.10 bits per heavy atom. The molecule has 0 saturated carbocycles. The van der Waals surface area contributed by atoms with Crippen molar-refractivity contribution in [3.8, 4) is 0 Å². The molecule has 1 amide bonds. The van der Waals surface area contributed by atoms with Crippen LogP contribution >= 0.6 is 11.3 Å². The minimum atomic E-state index is -0.856. The first-order valence-corrected chi connectivity index (χ1v) is 9.87. The van der Waals surface area contributed by atoms with E-state index in [0.717, 1.165) is 5.01 Å². The van der Waals surface area contributed by atoms with E-state index in [1.165, 1.54) is 22.3 Å². The first-order valence-electron chi connectivity index (χ1n) is 9.05. The van der Waals surface area contributed by atoms with Crippen LogP contribution in [0, 0.1) is 6.92 Å². The fourth-order valence-electron chi connectivity index (χ4n) is 3.17. The smallest absolute Gasteiger partial charge is 0.296 e. The fraction of sp³-hybridized carbons (Fsp3) is 0.250. The number of carbonyl (C=O) groups is 2. The van der Waals surface area contributed by atoms with Crippen LogP contribution in [0.2, 0.25) is 0 Å². The molecule has 1 unspecified atom stereocenters. The third-order valence-electron chi connectivity index (χ3n) is 4.59. The number of aliphatic hydroxyl groups is 1. The monoisotopic (exact) mass is 411 g/mol. The molecule has 0 bridgehead atoms. The number of carbonyl (C=O) groups excluding carboxylic acids is 2. The SMILES string of the molecule is Cc1ccc(C(=O)C2=C(O)C(=O)N(c3nnc(C(C)C)s3)C2c2ccc[nH+]c2)o1. The molecule has 1 aliphatic heterocycles. The van der Waals surface area contributed by atoms with Crippen molar-refractivity contribution in [1.82, 2.24) is 10.2 Å². The van der Waals surface area contributed by atoms with E-state index < -0.39 is 23.5 Å². The molecule has 4 rings (SSSR count). The lowest BCUT2D eigenvalue weighted by Crippen LogP contribution is -2.31. The minimum Gasteiger partial charge on any atom is -0.503 e. The highest BCUT2D eigenvalue weighted by Gasteiger charge is 2.47. The molecule has 1 aliphatic rings. The Balaban J connectivity index is 1.85. The Labute approximate surface area is 170 Å². The third-order valence-corrected chi connectivity index (χ3v) is 5.82. The molecule has 9 heteroatoms. The maximum atomic E-state index is 13.2. The number of nitrogens with zero attached hydrogens (tertiary/aromatic N) is 3. The van der Waals surface area contributed by atoms with Gasteiger partial charge >= 0.3 is 0 Å². The number of furan rings is 1. The van der Waals surface area contributed by atoms with Crippen LogP contribution in [0.5, 0.6) is 0 Å². The summed E-state index contributed by atoms with van der Waals surface area (Å²) in [6, 6.07) is 5.86. The van der Waals surface area contributed by atoms with E-state index >= 15 is 0 Å². The van der Waals surface area contributed by atoms with Crippen molar-refractivity contribution >= 4 is 28.2 Å². The van der Waals surface area contributed by atoms with Gasteiger partial charge in [-0.2, -0.15) is 0 Å². The summed E-state index contributed by atoms with van der Waals surface area (Å²) in [5.74, 6) is -1.10. The summed E-state index contributed by atoms with van der Waals surface area (Å²) in [6.45, 7) is 5.67. The van der Waals surface area contributed by atoms with E-state index in [-0.39, 0.29) is 17.3 Å². The summed E-state index contributed by atoms with van der Waals surface area (Å²) >= 11 is 1.26. The molecule has 3 aromatic heterocycles. The lowest BCUT2D eigenvalue weighted by atomic mass is 9.96. The summed E-state index contributed by atoms with van der Waals surface area (Å²) in [7, 11) is 0. The standard InChI is InChI=1S/C20H18N4O4S/c1-10(2)18-22-23-20(29-18)24-15(12-5-4-8-21-9-12)14(17(26)19(24)27)16(25)13-7-6-11(3)28-13/h4-10,15,26H,1-3H3/p+1. The Morgan fingerprint density at radius 3 is 2.69 bits per heavy atom. The Morgan fingerprint density at radius 1 is 1.31 bits per heavy atom. The van der Waals surface area contributed by atoms with Gasteiger partial charge in [0.15, 0.2) is 23.9 Å². The zero-order chi connectivity index (χ0) is 20.7. The molecule has 1 atom stereocenters. The quantitative estimate of drug-likeness (QED) is 0.646. The number of hydrogen-bond donors (Lipinski definition) is 1. The van der Waals surface area contributed by atoms with E-state index in [9.17, 15) is 14.7 Å². The van der Waals surface area contributed by atoms with Gasteiger partial charge in [-0.05, 0) is 25.1 Å². The van der Waals surface area contributed by atoms with Crippen molar-refractivity contribution in [2.45, 2.75) is 32.7 Å². The molecule has 3 aromatic rings. The summed E-state index contributed by atoms with van der Waals surface area (Å²) in [4.78, 5) is 30.4. The molecule has 2 N–H and O–H groups in total. The highest BCUT2D eigenvalue weighted by molar-refractivity contribution is 7.15. The first-order chi connectivity index (χ1) is 13.9. The number of Topliss-reactive ketones (excluding diaryl/α,β-unsaturated/α-hetero) is 1. The third kappa shape index (κ3) is 3.23. The average molecular weight is 411 g/mol. The van der Waals surface area contributed by atoms with Gasteiger partial charge in [-0.25, -0.2) is 4.98 Å². The highest BCUT2D eigenvalue weighted by Crippen LogP contribution is 2.43. The Kier molecular flexibility index (Phi) is 4.75. The lowest BCUT2D eigenvalue weighted by molar-refractivity contribution is -0.378. The number of rotatable bonds is 5. The van der Waals surface area contributed by atoms with Gasteiger partial charge in [0, 0.05) is 17.5 Å². The molecule has 0 saturated heterocycles. The van der Waals surface area contributed by atoms with Gasteiger partial charge in [0.05, 0.1) is 5.57 Å². The van der Waals surface area contributed by atoms with Gasteiger partial charge in [0.25, 0.3) is 5.91 Å². The molecule has 148 valence electrons. The second-order valence-corrected chi connectivity index (χ2v) is 7.98. The first kappa shape index (κ1) is 19.0. The normalized spacial score (nSPS) is 16.9. The van der Waals surface area contributed by atoms with Gasteiger partial charge in [-0.1, -0.05) is 25.2 Å². The number of nitrogens with one attached hydrogen (secondary N) is 1. The number of aliphatic hydroxyl groups excluding tert-OH is 1. The highest BCUT2D eigenvalue weighted by atomic mass is 32.1. The molecule has 0 spiro atoms. The molecule has 8 nitrogen and oxygen atoms in total. The summed E-state index contributed by atoms with van der Waals surface area (Å²) in [5, 5.41) is 20.0. The predicted octanol–water partition coefficient (Wildman–Crippen LogP) is 3.16. The second-order valence-electron chi connectivity index (χ2n) is 6.99. The van der Waals surface area contributed by atoms with Crippen molar-refractivity contribution in [1.29, 1.82) is 0 Å². The van der Waals surface area contributed by atoms with E-state index in [0.29, 0.717) is 16.5 Å². The number of anilines is 1. The van der Waals surface area contributed by atoms with Gasteiger partial charge in [-0.3, -0.25) is 14.5 Å². The van der Waals surface area contributed by atoms with Crippen LogP contribution in [0.4, 0.5) is 5.13 Å². The Bertz CT molecular complexity index is 1120. The number of aryl methyl sites for hydroxylation is 1. The number of aromatic amines is 1. The predicted molar refractivity (Wildman–Crippen MR) is 105 cm³/mol. The van der Waals surface area contributed by atoms with Crippen molar-refractivity contribution in [3.05, 3.63) is 70.1 Å². The molecular formula is C20H19N4O4S+. The number of aromatic nitrogens is 3. The molecular weight excluding hydrogens is 392 g/mol. The second kappa shape index (κ2) is 7.25. The maximum Gasteiger partial charge on any atom is 0.296 e. The molecule has 0 aliphatic carbocycles. The van der Waals surface area contributed by atoms with Gasteiger partial charge < -0.3 is 9.52 Å². The molecule has 0 radical (unpaired) electrons. The fourth-order valence-corrected chi connectivity index (χ4v) is 4.05. The number of pyridine rings is 1. The van der Waals surface area contributed by atoms with Gasteiger partial charge in [-0.15, -0.1) is 10.2 Å². The number of H-pyrrole nitrogens is 1. The summed E-state index contributed by atoms with van der Waals surface area (Å²) < 4.78 is 5.44. The largest absolute Gasteiger partial charge is 0.503 e. The number of amides is 1. The van der Waals surface area contributed by atoms with Crippen molar-refractivity contribution in [2.24, 2.45) is 0 Å². The van der Waals surface area contributed by atoms with Crippen LogP contribution in [0.3, 0.4) is 0 Å². The summed E-state index contributed by atoms with van der Waals surface area (Å²) in [5.41, 5.74) is 0.572. The van der Waals surface area contributed by atoms with Gasteiger partial charge in [0.1, 0.15) is 16.8 Å². The topological polar surface area (TPSA) is 111 Å². The van der Waals surface area contributed by atoms with E-state index in [1.807, 2.05) is 13.8 Å². The number of hydrogen-bond acceptors (Lipinski definition) is 7. The maximum absolute atomic E-state index is 13.2. The van der Waals surface area contributed by atoms with Crippen LogP contribution in [-0.2, 0) is 4.79 Å². The van der Waals surface area contributed by atoms with Crippen LogP contribution in [0.25, 0.3) is 0 Å². The van der Waals surface area contributed by atoms with Crippen LogP contribution < -0.4 is 9.88 Å². The zero-order valence-electron chi connectivity index (χ0n) is 16.0. The summed E-state index contributed by atoms with van der Waals surface area (Å²) in [6.07, 6.45) is 3.39. The molecule has 0 aromatic carbocycles. The minimum absolute atomic E-state index is 0.0507. The average Bonchev–Trinajstić information content (AvgIpc) is 3.41. The van der Waals surface area contributed by atoms with Crippen LogP contribution in [0.1, 0.15) is 52.7 Å². The van der Waals surface area contributed by atoms with Gasteiger partial charge in [0.2, 0.25) is 10.9 Å². The zero-order valence-corrected chi connectivity index (χ0v) is 16.9. The lowest BCUT2D eigenvalue weighted by Gasteiger charge is -2.22. The van der Waals surface area contributed by atoms with Crippen LogP contribution in [0.15, 0.2) is 52.4 Å². The van der Waals surface area contributed by atoms with Crippen molar-refractivity contribution < 1.29 is 24.1 Å². The molecule has 0 fully saturated rings.